The normalized spacial score (nSPS) is 15.9. The van der Waals surface area contributed by atoms with Crippen LogP contribution in [0.3, 0.4) is 0 Å². The van der Waals surface area contributed by atoms with Crippen LogP contribution in [0.15, 0.2) is 54.6 Å². The van der Waals surface area contributed by atoms with Gasteiger partial charge in [-0.2, -0.15) is 0 Å². The van der Waals surface area contributed by atoms with E-state index in [0.717, 1.165) is 24.9 Å². The first-order chi connectivity index (χ1) is 13.6. The highest BCUT2D eigenvalue weighted by atomic mass is 16.2. The minimum atomic E-state index is -0.394. The highest BCUT2D eigenvalue weighted by Crippen LogP contribution is 2.33. The van der Waals surface area contributed by atoms with Crippen LogP contribution in [0.25, 0.3) is 0 Å². The molecule has 1 aliphatic heterocycles. The molecule has 146 valence electrons. The number of rotatable bonds is 6. The number of hydrogen-bond donors (Lipinski definition) is 3. The van der Waals surface area contributed by atoms with Gasteiger partial charge in [-0.15, -0.1) is 0 Å². The molecule has 0 saturated carbocycles. The third-order valence-electron chi connectivity index (χ3n) is 4.75. The van der Waals surface area contributed by atoms with Gasteiger partial charge < -0.3 is 21.3 Å². The predicted octanol–water partition coefficient (Wildman–Crippen LogP) is 1.68. The van der Waals surface area contributed by atoms with Gasteiger partial charge in [0.2, 0.25) is 11.8 Å². The van der Waals surface area contributed by atoms with Crippen LogP contribution in [0.2, 0.25) is 0 Å². The smallest absolute Gasteiger partial charge is 0.254 e. The molecule has 2 aromatic rings. The number of nitrogens with zero attached hydrogens (tertiary/aromatic N) is 1. The van der Waals surface area contributed by atoms with Crippen LogP contribution >= 0.6 is 0 Å². The molecule has 1 saturated heterocycles. The molecular weight excluding hydrogens is 356 g/mol. The predicted molar refractivity (Wildman–Crippen MR) is 107 cm³/mol. The maximum Gasteiger partial charge on any atom is 0.254 e. The van der Waals surface area contributed by atoms with Crippen LogP contribution < -0.4 is 16.4 Å². The Balaban J connectivity index is 1.62. The lowest BCUT2D eigenvalue weighted by Gasteiger charge is -2.25. The van der Waals surface area contributed by atoms with Crippen molar-refractivity contribution in [1.82, 2.24) is 10.2 Å². The van der Waals surface area contributed by atoms with Crippen LogP contribution in [-0.2, 0) is 9.59 Å². The molecule has 0 spiro atoms. The summed E-state index contributed by atoms with van der Waals surface area (Å²) in [5.41, 5.74) is 7.47. The van der Waals surface area contributed by atoms with Crippen molar-refractivity contribution < 1.29 is 14.4 Å². The second kappa shape index (κ2) is 9.14. The van der Waals surface area contributed by atoms with Crippen molar-refractivity contribution in [2.75, 3.05) is 25.0 Å². The zero-order valence-electron chi connectivity index (χ0n) is 15.6. The Morgan fingerprint density at radius 3 is 2.39 bits per heavy atom. The summed E-state index contributed by atoms with van der Waals surface area (Å²) in [5, 5.41) is 5.07. The molecule has 0 radical (unpaired) electrons. The second-order valence-corrected chi connectivity index (χ2v) is 6.67. The highest BCUT2D eigenvalue weighted by molar-refractivity contribution is 5.97. The van der Waals surface area contributed by atoms with Crippen LogP contribution in [0.4, 0.5) is 5.69 Å². The summed E-state index contributed by atoms with van der Waals surface area (Å²) in [7, 11) is 0. The molecule has 7 heteroatoms. The molecule has 3 amide bonds. The first-order valence-corrected chi connectivity index (χ1v) is 9.31. The van der Waals surface area contributed by atoms with E-state index in [-0.39, 0.29) is 30.9 Å². The lowest BCUT2D eigenvalue weighted by molar-refractivity contribution is -0.123. The van der Waals surface area contributed by atoms with Gasteiger partial charge in [0.1, 0.15) is 0 Å². The minimum absolute atomic E-state index is 0.0144. The van der Waals surface area contributed by atoms with Crippen LogP contribution in [0, 0.1) is 0 Å². The molecule has 0 aromatic heterocycles. The number of carbonyl (C=O) groups is 3. The summed E-state index contributed by atoms with van der Waals surface area (Å²) in [6.45, 7) is 0.422. The molecule has 2 aromatic carbocycles. The van der Waals surface area contributed by atoms with Crippen molar-refractivity contribution in [3.05, 3.63) is 65.7 Å². The molecule has 1 fully saturated rings. The average molecular weight is 380 g/mol. The summed E-state index contributed by atoms with van der Waals surface area (Å²) < 4.78 is 0. The Bertz CT molecular complexity index is 836. The maximum absolute atomic E-state index is 13.0. The SMILES string of the molecule is NCC(=O)NCC(=O)Nc1ccc(C(=O)N2CCCC2c2ccccc2)cc1. The molecule has 4 N–H and O–H groups in total. The van der Waals surface area contributed by atoms with E-state index in [2.05, 4.69) is 22.8 Å². The molecule has 0 bridgehead atoms. The summed E-state index contributed by atoms with van der Waals surface area (Å²) in [6, 6.07) is 16.9. The molecule has 3 rings (SSSR count). The molecule has 0 aliphatic carbocycles. The highest BCUT2D eigenvalue weighted by Gasteiger charge is 2.30. The van der Waals surface area contributed by atoms with Crippen molar-refractivity contribution in [3.8, 4) is 0 Å². The Labute approximate surface area is 163 Å². The number of benzene rings is 2. The van der Waals surface area contributed by atoms with Gasteiger partial charge in [-0.25, -0.2) is 0 Å². The molecule has 28 heavy (non-hydrogen) atoms. The fourth-order valence-corrected chi connectivity index (χ4v) is 3.35. The van der Waals surface area contributed by atoms with Gasteiger partial charge in [0.15, 0.2) is 0 Å². The van der Waals surface area contributed by atoms with E-state index in [1.165, 1.54) is 0 Å². The summed E-state index contributed by atoms with van der Waals surface area (Å²) in [6.07, 6.45) is 1.94. The number of amides is 3. The van der Waals surface area contributed by atoms with Crippen molar-refractivity contribution in [3.63, 3.8) is 0 Å². The number of carbonyl (C=O) groups excluding carboxylic acids is 3. The van der Waals surface area contributed by atoms with Crippen molar-refractivity contribution in [2.24, 2.45) is 5.73 Å². The van der Waals surface area contributed by atoms with Gasteiger partial charge in [0.05, 0.1) is 19.1 Å². The third-order valence-corrected chi connectivity index (χ3v) is 4.75. The number of likely N-dealkylation sites (tertiary alicyclic amines) is 1. The fraction of sp³-hybridized carbons (Fsp3) is 0.286. The van der Waals surface area contributed by atoms with E-state index < -0.39 is 5.91 Å². The van der Waals surface area contributed by atoms with Gasteiger partial charge in [0.25, 0.3) is 5.91 Å². The topological polar surface area (TPSA) is 105 Å². The van der Waals surface area contributed by atoms with Crippen LogP contribution in [0.5, 0.6) is 0 Å². The Hall–Kier alpha value is -3.19. The van der Waals surface area contributed by atoms with E-state index in [1.807, 2.05) is 23.1 Å². The Morgan fingerprint density at radius 1 is 1.00 bits per heavy atom. The molecule has 1 atom stereocenters. The molecule has 1 aliphatic rings. The minimum Gasteiger partial charge on any atom is -0.346 e. The number of anilines is 1. The number of nitrogens with two attached hydrogens (primary N) is 1. The summed E-state index contributed by atoms with van der Waals surface area (Å²) in [4.78, 5) is 37.8. The molecular formula is C21H24N4O3. The van der Waals surface area contributed by atoms with Gasteiger partial charge >= 0.3 is 0 Å². The maximum atomic E-state index is 13.0. The van der Waals surface area contributed by atoms with E-state index in [4.69, 9.17) is 5.73 Å². The van der Waals surface area contributed by atoms with Crippen LogP contribution in [-0.4, -0.2) is 42.3 Å². The first-order valence-electron chi connectivity index (χ1n) is 9.31. The number of hydrogen-bond acceptors (Lipinski definition) is 4. The lowest BCUT2D eigenvalue weighted by atomic mass is 10.0. The fourth-order valence-electron chi connectivity index (χ4n) is 3.35. The van der Waals surface area contributed by atoms with Gasteiger partial charge in [-0.3, -0.25) is 14.4 Å². The summed E-state index contributed by atoms with van der Waals surface area (Å²) >= 11 is 0. The number of nitrogens with one attached hydrogen (secondary N) is 2. The third kappa shape index (κ3) is 4.75. The van der Waals surface area contributed by atoms with Crippen molar-refractivity contribution in [1.29, 1.82) is 0 Å². The average Bonchev–Trinajstić information content (AvgIpc) is 3.22. The van der Waals surface area contributed by atoms with E-state index in [1.54, 1.807) is 24.3 Å². The van der Waals surface area contributed by atoms with Crippen molar-refractivity contribution in [2.45, 2.75) is 18.9 Å². The van der Waals surface area contributed by atoms with Gasteiger partial charge in [-0.1, -0.05) is 30.3 Å². The van der Waals surface area contributed by atoms with Crippen LogP contribution in [0.1, 0.15) is 34.8 Å². The summed E-state index contributed by atoms with van der Waals surface area (Å²) in [5.74, 6) is -0.765. The monoisotopic (exact) mass is 380 g/mol. The standard InChI is InChI=1S/C21H24N4O3/c22-13-19(26)23-14-20(27)24-17-10-8-16(9-11-17)21(28)25-12-4-7-18(25)15-5-2-1-3-6-15/h1-3,5-6,8-11,18H,4,7,12-14,22H2,(H,23,26)(H,24,27). The van der Waals surface area contributed by atoms with E-state index >= 15 is 0 Å². The largest absolute Gasteiger partial charge is 0.346 e. The lowest BCUT2D eigenvalue weighted by Crippen LogP contribution is -2.36. The van der Waals surface area contributed by atoms with Gasteiger partial charge in [-0.05, 0) is 42.7 Å². The van der Waals surface area contributed by atoms with E-state index in [0.29, 0.717) is 11.3 Å². The first kappa shape index (κ1) is 19.6. The van der Waals surface area contributed by atoms with Crippen molar-refractivity contribution >= 4 is 23.4 Å². The molecule has 1 unspecified atom stereocenters. The van der Waals surface area contributed by atoms with Gasteiger partial charge in [0, 0.05) is 17.8 Å². The quantitative estimate of drug-likeness (QED) is 0.709. The van der Waals surface area contributed by atoms with E-state index in [9.17, 15) is 14.4 Å². The Morgan fingerprint density at radius 2 is 1.71 bits per heavy atom. The Kier molecular flexibility index (Phi) is 6.39. The second-order valence-electron chi connectivity index (χ2n) is 6.67. The molecule has 7 nitrogen and oxygen atoms in total. The zero-order valence-corrected chi connectivity index (χ0v) is 15.6. The molecule has 1 heterocycles. The zero-order chi connectivity index (χ0) is 19.9.